The van der Waals surface area contributed by atoms with Crippen LogP contribution in [0.25, 0.3) is 6.08 Å². The number of halogens is 2. The van der Waals surface area contributed by atoms with Gasteiger partial charge < -0.3 is 14.2 Å². The topological polar surface area (TPSA) is 94.2 Å². The third kappa shape index (κ3) is 7.06. The van der Waals surface area contributed by atoms with E-state index in [9.17, 15) is 18.8 Å². The van der Waals surface area contributed by atoms with Gasteiger partial charge in [0.1, 0.15) is 23.7 Å². The SMILES string of the molecule is CCCOc1ccc(CN2C(=O)NC(=O)/C(=C\c3ccc(OCc4ccc(F)cc4)c(Br)c3)C2=O)cc1OCC. The number of nitrogens with one attached hydrogen (secondary N) is 1. The van der Waals surface area contributed by atoms with E-state index >= 15 is 0 Å². The zero-order chi connectivity index (χ0) is 28.6. The summed E-state index contributed by atoms with van der Waals surface area (Å²) in [6.07, 6.45) is 2.25. The van der Waals surface area contributed by atoms with Crippen LogP contribution in [-0.4, -0.2) is 36.0 Å². The van der Waals surface area contributed by atoms with Crippen LogP contribution in [-0.2, 0) is 22.7 Å². The van der Waals surface area contributed by atoms with Crippen molar-refractivity contribution in [3.63, 3.8) is 0 Å². The molecular formula is C30H28BrFN2O6. The van der Waals surface area contributed by atoms with Gasteiger partial charge in [0.2, 0.25) is 0 Å². The molecule has 1 aliphatic heterocycles. The number of hydrogen-bond donors (Lipinski definition) is 1. The summed E-state index contributed by atoms with van der Waals surface area (Å²) in [4.78, 5) is 39.4. The van der Waals surface area contributed by atoms with Crippen LogP contribution in [0, 0.1) is 5.82 Å². The molecule has 4 amide bonds. The Kier molecular flexibility index (Phi) is 9.55. The molecule has 40 heavy (non-hydrogen) atoms. The number of benzene rings is 3. The highest BCUT2D eigenvalue weighted by Gasteiger charge is 2.35. The molecule has 1 heterocycles. The summed E-state index contributed by atoms with van der Waals surface area (Å²) >= 11 is 3.45. The van der Waals surface area contributed by atoms with E-state index in [4.69, 9.17) is 14.2 Å². The van der Waals surface area contributed by atoms with Gasteiger partial charge in [0.25, 0.3) is 11.8 Å². The van der Waals surface area contributed by atoms with Gasteiger partial charge in [-0.3, -0.25) is 19.8 Å². The molecule has 208 valence electrons. The Labute approximate surface area is 239 Å². The van der Waals surface area contributed by atoms with Crippen molar-refractivity contribution >= 4 is 39.9 Å². The van der Waals surface area contributed by atoms with Crippen LogP contribution in [0.5, 0.6) is 17.2 Å². The fraction of sp³-hybridized carbons (Fsp3) is 0.233. The number of rotatable bonds is 11. The second-order valence-electron chi connectivity index (χ2n) is 8.88. The molecule has 0 unspecified atom stereocenters. The Hall–Kier alpha value is -4.18. The highest BCUT2D eigenvalue weighted by Crippen LogP contribution is 2.31. The first kappa shape index (κ1) is 28.8. The minimum atomic E-state index is -0.804. The third-order valence-electron chi connectivity index (χ3n) is 5.87. The first-order chi connectivity index (χ1) is 19.3. The monoisotopic (exact) mass is 610 g/mol. The van der Waals surface area contributed by atoms with Crippen molar-refractivity contribution in [2.24, 2.45) is 0 Å². The number of imide groups is 2. The maximum atomic E-state index is 13.3. The number of carbonyl (C=O) groups is 3. The molecule has 10 heteroatoms. The van der Waals surface area contributed by atoms with Gasteiger partial charge >= 0.3 is 6.03 Å². The van der Waals surface area contributed by atoms with Gasteiger partial charge in [-0.25, -0.2) is 9.18 Å². The van der Waals surface area contributed by atoms with Gasteiger partial charge in [0, 0.05) is 0 Å². The molecule has 1 aliphatic rings. The Bertz CT molecular complexity index is 1440. The summed E-state index contributed by atoms with van der Waals surface area (Å²) in [5.74, 6) is -0.207. The summed E-state index contributed by atoms with van der Waals surface area (Å²) < 4.78 is 30.9. The molecular weight excluding hydrogens is 583 g/mol. The van der Waals surface area contributed by atoms with Crippen LogP contribution in [0.3, 0.4) is 0 Å². The number of ether oxygens (including phenoxy) is 3. The maximum Gasteiger partial charge on any atom is 0.331 e. The summed E-state index contributed by atoms with van der Waals surface area (Å²) in [5.41, 5.74) is 1.80. The van der Waals surface area contributed by atoms with E-state index in [2.05, 4.69) is 21.2 Å². The molecule has 1 saturated heterocycles. The van der Waals surface area contributed by atoms with Crippen LogP contribution < -0.4 is 19.5 Å². The van der Waals surface area contributed by atoms with E-state index < -0.39 is 17.8 Å². The average Bonchev–Trinajstić information content (AvgIpc) is 2.93. The molecule has 1 N–H and O–H groups in total. The summed E-state index contributed by atoms with van der Waals surface area (Å²) in [6.45, 7) is 4.96. The molecule has 0 bridgehead atoms. The largest absolute Gasteiger partial charge is 0.490 e. The van der Waals surface area contributed by atoms with Crippen LogP contribution in [0.4, 0.5) is 9.18 Å². The van der Waals surface area contributed by atoms with Gasteiger partial charge in [-0.1, -0.05) is 31.2 Å². The van der Waals surface area contributed by atoms with Crippen molar-refractivity contribution < 1.29 is 33.0 Å². The Morgan fingerprint density at radius 3 is 2.30 bits per heavy atom. The van der Waals surface area contributed by atoms with Crippen LogP contribution in [0.1, 0.15) is 37.0 Å². The predicted octanol–water partition coefficient (Wildman–Crippen LogP) is 6.02. The number of barbiturate groups is 1. The fourth-order valence-electron chi connectivity index (χ4n) is 3.90. The highest BCUT2D eigenvalue weighted by atomic mass is 79.9. The lowest BCUT2D eigenvalue weighted by Crippen LogP contribution is -2.53. The lowest BCUT2D eigenvalue weighted by Gasteiger charge is -2.26. The molecule has 0 spiro atoms. The Morgan fingerprint density at radius 2 is 1.60 bits per heavy atom. The second kappa shape index (κ2) is 13.3. The number of hydrogen-bond acceptors (Lipinski definition) is 6. The first-order valence-corrected chi connectivity index (χ1v) is 13.5. The van der Waals surface area contributed by atoms with Crippen LogP contribution in [0.15, 0.2) is 70.7 Å². The van der Waals surface area contributed by atoms with Gasteiger partial charge in [-0.2, -0.15) is 0 Å². The molecule has 1 fully saturated rings. The maximum absolute atomic E-state index is 13.3. The number of carbonyl (C=O) groups excluding carboxylic acids is 3. The van der Waals surface area contributed by atoms with Crippen LogP contribution >= 0.6 is 15.9 Å². The van der Waals surface area contributed by atoms with E-state index in [0.29, 0.717) is 46.1 Å². The molecule has 0 saturated carbocycles. The molecule has 3 aromatic rings. The molecule has 8 nitrogen and oxygen atoms in total. The second-order valence-corrected chi connectivity index (χ2v) is 9.73. The van der Waals surface area contributed by atoms with Gasteiger partial charge in [-0.05, 0) is 88.4 Å². The van der Waals surface area contributed by atoms with Gasteiger partial charge in [-0.15, -0.1) is 0 Å². The summed E-state index contributed by atoms with van der Waals surface area (Å²) in [6, 6.07) is 15.4. The smallest absolute Gasteiger partial charge is 0.331 e. The molecule has 4 rings (SSSR count). The van der Waals surface area contributed by atoms with Crippen molar-refractivity contribution in [1.29, 1.82) is 0 Å². The van der Waals surface area contributed by atoms with Crippen molar-refractivity contribution in [1.82, 2.24) is 10.2 Å². The van der Waals surface area contributed by atoms with Crippen molar-refractivity contribution in [2.45, 2.75) is 33.4 Å². The van der Waals surface area contributed by atoms with E-state index in [-0.39, 0.29) is 24.5 Å². The van der Waals surface area contributed by atoms with Crippen LogP contribution in [0.2, 0.25) is 0 Å². The summed E-state index contributed by atoms with van der Waals surface area (Å²) in [7, 11) is 0. The lowest BCUT2D eigenvalue weighted by atomic mass is 10.1. The van der Waals surface area contributed by atoms with E-state index in [1.165, 1.54) is 18.2 Å². The van der Waals surface area contributed by atoms with E-state index in [0.717, 1.165) is 16.9 Å². The van der Waals surface area contributed by atoms with Crippen molar-refractivity contribution in [3.05, 3.63) is 93.2 Å². The van der Waals surface area contributed by atoms with Crippen molar-refractivity contribution in [3.8, 4) is 17.2 Å². The molecule has 0 radical (unpaired) electrons. The third-order valence-corrected chi connectivity index (χ3v) is 6.49. The lowest BCUT2D eigenvalue weighted by molar-refractivity contribution is -0.130. The number of amides is 4. The minimum Gasteiger partial charge on any atom is -0.490 e. The van der Waals surface area contributed by atoms with E-state index in [1.54, 1.807) is 48.5 Å². The molecule has 3 aromatic carbocycles. The molecule has 0 aromatic heterocycles. The zero-order valence-corrected chi connectivity index (χ0v) is 23.6. The Morgan fingerprint density at radius 1 is 0.875 bits per heavy atom. The predicted molar refractivity (Wildman–Crippen MR) is 150 cm³/mol. The molecule has 0 atom stereocenters. The minimum absolute atomic E-state index is 0.0662. The highest BCUT2D eigenvalue weighted by molar-refractivity contribution is 9.10. The zero-order valence-electron chi connectivity index (χ0n) is 22.0. The van der Waals surface area contributed by atoms with E-state index in [1.807, 2.05) is 13.8 Å². The standard InChI is InChI=1S/C30H28BrFN2O6/c1-3-13-39-26-12-8-21(16-27(26)38-4-2)17-34-29(36)23(28(35)33-30(34)37)14-20-7-11-25(24(31)15-20)40-18-19-5-9-22(32)10-6-19/h5-12,14-16H,3-4,13,17-18H2,1-2H3,(H,33,35,37)/b23-14+. The van der Waals surface area contributed by atoms with Crippen molar-refractivity contribution in [2.75, 3.05) is 13.2 Å². The quantitative estimate of drug-likeness (QED) is 0.211. The fourth-order valence-corrected chi connectivity index (χ4v) is 4.41. The summed E-state index contributed by atoms with van der Waals surface area (Å²) in [5, 5.41) is 2.24. The molecule has 0 aliphatic carbocycles. The van der Waals surface area contributed by atoms with Gasteiger partial charge in [0.05, 0.1) is 24.2 Å². The first-order valence-electron chi connectivity index (χ1n) is 12.7. The van der Waals surface area contributed by atoms with Gasteiger partial charge in [0.15, 0.2) is 11.5 Å². The average molecular weight is 611 g/mol. The number of nitrogens with zero attached hydrogens (tertiary/aromatic N) is 1. The normalized spacial score (nSPS) is 14.3. The Balaban J connectivity index is 1.50. The number of urea groups is 1.